The highest BCUT2D eigenvalue weighted by Crippen LogP contribution is 2.34. The molecule has 9 heteroatoms. The SMILES string of the molecule is CC(CCO)Sc1ncnc(NN)c1[N+](=O)[O-]. The van der Waals surface area contributed by atoms with E-state index in [9.17, 15) is 10.1 Å². The Bertz CT molecular complexity index is 403. The molecule has 1 aromatic heterocycles. The number of hydrazine groups is 1. The molecule has 1 aromatic rings. The Labute approximate surface area is 102 Å². The fourth-order valence-electron chi connectivity index (χ4n) is 1.15. The predicted octanol–water partition coefficient (Wildman–Crippen LogP) is 0.533. The normalized spacial score (nSPS) is 12.2. The van der Waals surface area contributed by atoms with Gasteiger partial charge in [0, 0.05) is 11.9 Å². The lowest BCUT2D eigenvalue weighted by Gasteiger charge is -2.09. The molecule has 8 nitrogen and oxygen atoms in total. The molecule has 1 unspecified atom stereocenters. The first-order valence-corrected chi connectivity index (χ1v) is 5.71. The van der Waals surface area contributed by atoms with Gasteiger partial charge < -0.3 is 10.5 Å². The van der Waals surface area contributed by atoms with Crippen molar-refractivity contribution >= 4 is 23.3 Å². The zero-order valence-corrected chi connectivity index (χ0v) is 9.98. The Hall–Kier alpha value is -1.45. The number of nitro groups is 1. The van der Waals surface area contributed by atoms with E-state index in [2.05, 4.69) is 15.4 Å². The highest BCUT2D eigenvalue weighted by molar-refractivity contribution is 8.00. The van der Waals surface area contributed by atoms with E-state index in [1.807, 2.05) is 6.92 Å². The summed E-state index contributed by atoms with van der Waals surface area (Å²) >= 11 is 1.20. The summed E-state index contributed by atoms with van der Waals surface area (Å²) in [4.78, 5) is 17.9. The lowest BCUT2D eigenvalue weighted by atomic mass is 10.3. The average Bonchev–Trinajstić information content (AvgIpc) is 2.28. The maximum absolute atomic E-state index is 10.9. The number of nitrogen functional groups attached to an aromatic ring is 1. The van der Waals surface area contributed by atoms with Crippen LogP contribution in [0, 0.1) is 10.1 Å². The molecular weight excluding hydrogens is 246 g/mol. The van der Waals surface area contributed by atoms with Crippen molar-refractivity contribution in [3.63, 3.8) is 0 Å². The molecule has 0 fully saturated rings. The van der Waals surface area contributed by atoms with Crippen LogP contribution in [0.3, 0.4) is 0 Å². The molecule has 94 valence electrons. The molecule has 0 aliphatic heterocycles. The summed E-state index contributed by atoms with van der Waals surface area (Å²) < 4.78 is 0. The minimum atomic E-state index is -0.580. The summed E-state index contributed by atoms with van der Waals surface area (Å²) in [6.07, 6.45) is 1.73. The van der Waals surface area contributed by atoms with Gasteiger partial charge in [-0.1, -0.05) is 18.7 Å². The second-order valence-electron chi connectivity index (χ2n) is 3.22. The number of aliphatic hydroxyl groups excluding tert-OH is 1. The third kappa shape index (κ3) is 3.51. The second-order valence-corrected chi connectivity index (χ2v) is 4.65. The number of rotatable bonds is 6. The minimum Gasteiger partial charge on any atom is -0.396 e. The molecule has 1 rings (SSSR count). The van der Waals surface area contributed by atoms with Crippen molar-refractivity contribution in [2.75, 3.05) is 12.0 Å². The molecule has 0 aromatic carbocycles. The molecule has 0 aliphatic carbocycles. The van der Waals surface area contributed by atoms with Gasteiger partial charge in [-0.3, -0.25) is 10.1 Å². The summed E-state index contributed by atoms with van der Waals surface area (Å²) in [6.45, 7) is 1.87. The quantitative estimate of drug-likeness (QED) is 0.222. The van der Waals surface area contributed by atoms with Crippen molar-refractivity contribution in [1.29, 1.82) is 0 Å². The van der Waals surface area contributed by atoms with Crippen LogP contribution in [0.4, 0.5) is 11.5 Å². The third-order valence-corrected chi connectivity index (χ3v) is 3.12. The van der Waals surface area contributed by atoms with Gasteiger partial charge in [-0.2, -0.15) is 0 Å². The van der Waals surface area contributed by atoms with E-state index in [4.69, 9.17) is 10.9 Å². The van der Waals surface area contributed by atoms with Crippen LogP contribution in [-0.2, 0) is 0 Å². The summed E-state index contributed by atoms with van der Waals surface area (Å²) in [7, 11) is 0. The average molecular weight is 259 g/mol. The van der Waals surface area contributed by atoms with E-state index in [0.717, 1.165) is 0 Å². The van der Waals surface area contributed by atoms with Crippen molar-refractivity contribution in [3.8, 4) is 0 Å². The lowest BCUT2D eigenvalue weighted by molar-refractivity contribution is -0.387. The van der Waals surface area contributed by atoms with E-state index in [1.165, 1.54) is 18.1 Å². The fourth-order valence-corrected chi connectivity index (χ4v) is 2.15. The van der Waals surface area contributed by atoms with Crippen LogP contribution < -0.4 is 11.3 Å². The monoisotopic (exact) mass is 259 g/mol. The van der Waals surface area contributed by atoms with Crippen molar-refractivity contribution in [2.45, 2.75) is 23.6 Å². The smallest absolute Gasteiger partial charge is 0.344 e. The Morgan fingerprint density at radius 3 is 2.94 bits per heavy atom. The van der Waals surface area contributed by atoms with Gasteiger partial charge in [0.05, 0.1) is 4.92 Å². The number of thioether (sulfide) groups is 1. The van der Waals surface area contributed by atoms with Crippen molar-refractivity contribution in [1.82, 2.24) is 9.97 Å². The molecule has 1 atom stereocenters. The molecule has 0 spiro atoms. The number of aliphatic hydroxyl groups is 1. The summed E-state index contributed by atoms with van der Waals surface area (Å²) in [5.41, 5.74) is 1.92. The van der Waals surface area contributed by atoms with Gasteiger partial charge in [0.25, 0.3) is 0 Å². The number of anilines is 1. The van der Waals surface area contributed by atoms with Gasteiger partial charge in [-0.15, -0.1) is 0 Å². The molecule has 0 aliphatic rings. The van der Waals surface area contributed by atoms with Crippen LogP contribution in [0.15, 0.2) is 11.4 Å². The first kappa shape index (κ1) is 13.6. The third-order valence-electron chi connectivity index (χ3n) is 1.96. The second kappa shape index (κ2) is 6.33. The molecule has 17 heavy (non-hydrogen) atoms. The Kier molecular flexibility index (Phi) is 5.07. The molecule has 0 saturated heterocycles. The van der Waals surface area contributed by atoms with Crippen LogP contribution in [0.2, 0.25) is 0 Å². The summed E-state index contributed by atoms with van der Waals surface area (Å²) in [6, 6.07) is 0. The number of hydrogen-bond donors (Lipinski definition) is 3. The molecule has 0 bridgehead atoms. The molecule has 1 heterocycles. The molecule has 0 radical (unpaired) electrons. The zero-order chi connectivity index (χ0) is 12.8. The summed E-state index contributed by atoms with van der Waals surface area (Å²) in [5.74, 6) is 5.13. The molecule has 0 amide bonds. The standard InChI is InChI=1S/C8H13N5O3S/c1-5(2-3-14)17-8-6(13(15)16)7(12-9)10-4-11-8/h4-5,14H,2-3,9H2,1H3,(H,10,11,12). The topological polar surface area (TPSA) is 127 Å². The Morgan fingerprint density at radius 2 is 2.41 bits per heavy atom. The maximum Gasteiger partial charge on any atom is 0.344 e. The first-order valence-electron chi connectivity index (χ1n) is 4.83. The van der Waals surface area contributed by atoms with E-state index >= 15 is 0 Å². The van der Waals surface area contributed by atoms with E-state index in [1.54, 1.807) is 0 Å². The highest BCUT2D eigenvalue weighted by atomic mass is 32.2. The number of nitrogens with zero attached hydrogens (tertiary/aromatic N) is 3. The van der Waals surface area contributed by atoms with Crippen molar-refractivity contribution < 1.29 is 10.0 Å². The molecule has 0 saturated carbocycles. The van der Waals surface area contributed by atoms with Crippen LogP contribution in [-0.4, -0.2) is 31.9 Å². The molecule has 4 N–H and O–H groups in total. The van der Waals surface area contributed by atoms with Crippen LogP contribution >= 0.6 is 11.8 Å². The van der Waals surface area contributed by atoms with Crippen LogP contribution in [0.25, 0.3) is 0 Å². The Morgan fingerprint density at radius 1 is 1.71 bits per heavy atom. The highest BCUT2D eigenvalue weighted by Gasteiger charge is 2.23. The lowest BCUT2D eigenvalue weighted by Crippen LogP contribution is -2.12. The maximum atomic E-state index is 10.9. The number of hydrogen-bond acceptors (Lipinski definition) is 8. The van der Waals surface area contributed by atoms with Gasteiger partial charge in [0.1, 0.15) is 6.33 Å². The van der Waals surface area contributed by atoms with Crippen molar-refractivity contribution in [2.24, 2.45) is 5.84 Å². The number of nitrogens with one attached hydrogen (secondary N) is 1. The van der Waals surface area contributed by atoms with Gasteiger partial charge >= 0.3 is 5.69 Å². The number of nitrogens with two attached hydrogens (primary N) is 1. The zero-order valence-electron chi connectivity index (χ0n) is 9.16. The van der Waals surface area contributed by atoms with Crippen LogP contribution in [0.1, 0.15) is 13.3 Å². The van der Waals surface area contributed by atoms with Gasteiger partial charge in [0.15, 0.2) is 5.03 Å². The molecular formula is C8H13N5O3S. The van der Waals surface area contributed by atoms with E-state index < -0.39 is 4.92 Å². The van der Waals surface area contributed by atoms with Gasteiger partial charge in [-0.25, -0.2) is 15.8 Å². The van der Waals surface area contributed by atoms with Crippen LogP contribution in [0.5, 0.6) is 0 Å². The van der Waals surface area contributed by atoms with E-state index in [0.29, 0.717) is 6.42 Å². The first-order chi connectivity index (χ1) is 8.10. The van der Waals surface area contributed by atoms with Gasteiger partial charge in [0.2, 0.25) is 5.82 Å². The predicted molar refractivity (Wildman–Crippen MR) is 63.5 cm³/mol. The summed E-state index contributed by atoms with van der Waals surface area (Å²) in [5, 5.41) is 19.9. The number of aromatic nitrogens is 2. The van der Waals surface area contributed by atoms with Crippen molar-refractivity contribution in [3.05, 3.63) is 16.4 Å². The van der Waals surface area contributed by atoms with E-state index in [-0.39, 0.29) is 28.4 Å². The minimum absolute atomic E-state index is 0.0132. The largest absolute Gasteiger partial charge is 0.396 e. The van der Waals surface area contributed by atoms with Gasteiger partial charge in [-0.05, 0) is 6.42 Å². The fraction of sp³-hybridized carbons (Fsp3) is 0.500. The Balaban J connectivity index is 3.02.